The number of benzene rings is 1. The van der Waals surface area contributed by atoms with Crippen LogP contribution in [0.2, 0.25) is 0 Å². The predicted octanol–water partition coefficient (Wildman–Crippen LogP) is 2.38. The van der Waals surface area contributed by atoms with Gasteiger partial charge in [-0.15, -0.1) is 0 Å². The van der Waals surface area contributed by atoms with Crippen LogP contribution in [0.1, 0.15) is 51.5 Å². The van der Waals surface area contributed by atoms with Crippen LogP contribution in [0.25, 0.3) is 0 Å². The van der Waals surface area contributed by atoms with Gasteiger partial charge in [0.2, 0.25) is 5.91 Å². The number of fused-ring (bicyclic) bond motifs is 1. The third kappa shape index (κ3) is 5.01. The van der Waals surface area contributed by atoms with Crippen molar-refractivity contribution in [2.24, 2.45) is 5.92 Å². The van der Waals surface area contributed by atoms with E-state index in [0.29, 0.717) is 19.3 Å². The Hall–Kier alpha value is -2.41. The molecule has 1 aliphatic carbocycles. The monoisotopic (exact) mass is 416 g/mol. The van der Waals surface area contributed by atoms with Crippen molar-refractivity contribution in [1.82, 2.24) is 10.2 Å². The average Bonchev–Trinajstić information content (AvgIpc) is 3.32. The molecule has 2 fully saturated rings. The highest BCUT2D eigenvalue weighted by molar-refractivity contribution is 5.88. The van der Waals surface area contributed by atoms with E-state index < -0.39 is 24.1 Å². The summed E-state index contributed by atoms with van der Waals surface area (Å²) in [6, 6.07) is 7.76. The van der Waals surface area contributed by atoms with Crippen molar-refractivity contribution >= 4 is 17.8 Å². The maximum Gasteiger partial charge on any atom is 0.326 e. The first-order valence-electron chi connectivity index (χ1n) is 10.9. The third-order valence-corrected chi connectivity index (χ3v) is 6.33. The van der Waals surface area contributed by atoms with Crippen LogP contribution in [-0.2, 0) is 25.5 Å². The Morgan fingerprint density at radius 3 is 2.63 bits per heavy atom. The lowest BCUT2D eigenvalue weighted by Crippen LogP contribution is -2.55. The molecule has 1 aliphatic heterocycles. The number of nitrogens with zero attached hydrogens (tertiary/aromatic N) is 1. The minimum Gasteiger partial charge on any atom is -0.480 e. The highest BCUT2D eigenvalue weighted by Crippen LogP contribution is 2.41. The number of carboxylic acids is 1. The number of nitrogens with one attached hydrogen (secondary N) is 1. The molecule has 7 heteroatoms. The van der Waals surface area contributed by atoms with Gasteiger partial charge in [0.1, 0.15) is 12.1 Å². The summed E-state index contributed by atoms with van der Waals surface area (Å²) >= 11 is 0. The van der Waals surface area contributed by atoms with Crippen LogP contribution in [0, 0.1) is 5.92 Å². The number of rotatable bonds is 9. The SMILES string of the molecule is CCOC(=O)[C@H](CCc1ccccc1)N[C@@H](C)C(=O)N1C2CCCC2C[C@H]1C(=O)O. The topological polar surface area (TPSA) is 95.9 Å². The molecule has 1 aromatic carbocycles. The smallest absolute Gasteiger partial charge is 0.326 e. The molecule has 0 spiro atoms. The van der Waals surface area contributed by atoms with Crippen molar-refractivity contribution in [3.05, 3.63) is 35.9 Å². The number of esters is 1. The number of carbonyl (C=O) groups excluding carboxylic acids is 2. The molecule has 30 heavy (non-hydrogen) atoms. The van der Waals surface area contributed by atoms with Gasteiger partial charge < -0.3 is 14.7 Å². The van der Waals surface area contributed by atoms with Gasteiger partial charge in [-0.1, -0.05) is 36.8 Å². The van der Waals surface area contributed by atoms with Crippen molar-refractivity contribution in [2.75, 3.05) is 6.61 Å². The Labute approximate surface area is 177 Å². The van der Waals surface area contributed by atoms with E-state index in [9.17, 15) is 19.5 Å². The Morgan fingerprint density at radius 1 is 1.23 bits per heavy atom. The van der Waals surface area contributed by atoms with Crippen LogP contribution in [-0.4, -0.2) is 58.6 Å². The normalized spacial score (nSPS) is 24.9. The van der Waals surface area contributed by atoms with Gasteiger partial charge in [-0.3, -0.25) is 14.9 Å². The Balaban J connectivity index is 1.68. The molecular formula is C23H32N2O5. The lowest BCUT2D eigenvalue weighted by molar-refractivity contribution is -0.151. The van der Waals surface area contributed by atoms with Gasteiger partial charge in [0.15, 0.2) is 0 Å². The maximum atomic E-state index is 13.2. The first-order chi connectivity index (χ1) is 14.4. The van der Waals surface area contributed by atoms with E-state index in [1.807, 2.05) is 30.3 Å². The van der Waals surface area contributed by atoms with Gasteiger partial charge in [-0.25, -0.2) is 4.79 Å². The minimum absolute atomic E-state index is 0.00629. The number of amides is 1. The van der Waals surface area contributed by atoms with E-state index in [1.165, 1.54) is 0 Å². The minimum atomic E-state index is -0.948. The highest BCUT2D eigenvalue weighted by Gasteiger charge is 2.49. The molecule has 2 unspecified atom stereocenters. The summed E-state index contributed by atoms with van der Waals surface area (Å²) < 4.78 is 5.21. The first kappa shape index (κ1) is 22.3. The molecule has 1 aromatic rings. The van der Waals surface area contributed by atoms with Gasteiger partial charge >= 0.3 is 11.9 Å². The first-order valence-corrected chi connectivity index (χ1v) is 10.9. The van der Waals surface area contributed by atoms with E-state index in [-0.39, 0.29) is 30.4 Å². The van der Waals surface area contributed by atoms with Gasteiger partial charge in [0.25, 0.3) is 0 Å². The zero-order valence-electron chi connectivity index (χ0n) is 17.8. The lowest BCUT2D eigenvalue weighted by atomic mass is 10.0. The van der Waals surface area contributed by atoms with Crippen molar-refractivity contribution in [2.45, 2.75) is 76.5 Å². The Bertz CT molecular complexity index is 753. The van der Waals surface area contributed by atoms with Crippen molar-refractivity contribution in [3.8, 4) is 0 Å². The number of hydrogen-bond acceptors (Lipinski definition) is 5. The number of ether oxygens (including phenoxy) is 1. The number of hydrogen-bond donors (Lipinski definition) is 2. The van der Waals surface area contributed by atoms with E-state index >= 15 is 0 Å². The molecule has 1 amide bonds. The largest absolute Gasteiger partial charge is 0.480 e. The second kappa shape index (κ2) is 10.1. The summed E-state index contributed by atoms with van der Waals surface area (Å²) in [6.45, 7) is 3.72. The molecule has 1 heterocycles. The van der Waals surface area contributed by atoms with Crippen LogP contribution < -0.4 is 5.32 Å². The van der Waals surface area contributed by atoms with Crippen LogP contribution in [0.5, 0.6) is 0 Å². The van der Waals surface area contributed by atoms with Crippen molar-refractivity contribution < 1.29 is 24.2 Å². The molecule has 164 valence electrons. The van der Waals surface area contributed by atoms with Crippen LogP contribution in [0.15, 0.2) is 30.3 Å². The molecule has 5 atom stereocenters. The summed E-state index contributed by atoms with van der Waals surface area (Å²) in [5.74, 6) is -1.31. The quantitative estimate of drug-likeness (QED) is 0.600. The summed E-state index contributed by atoms with van der Waals surface area (Å²) in [5.41, 5.74) is 1.10. The number of aliphatic carboxylic acids is 1. The molecule has 3 rings (SSSR count). The van der Waals surface area contributed by atoms with Gasteiger partial charge in [0, 0.05) is 6.04 Å². The molecule has 2 N–H and O–H groups in total. The molecular weight excluding hydrogens is 384 g/mol. The molecule has 1 saturated heterocycles. The van der Waals surface area contributed by atoms with E-state index in [2.05, 4.69) is 5.32 Å². The van der Waals surface area contributed by atoms with E-state index in [0.717, 1.165) is 24.8 Å². The zero-order chi connectivity index (χ0) is 21.7. The summed E-state index contributed by atoms with van der Waals surface area (Å²) in [4.78, 5) is 39.1. The average molecular weight is 417 g/mol. The molecule has 0 aromatic heterocycles. The van der Waals surface area contributed by atoms with Crippen LogP contribution in [0.3, 0.4) is 0 Å². The zero-order valence-corrected chi connectivity index (χ0v) is 17.8. The Morgan fingerprint density at radius 2 is 1.97 bits per heavy atom. The summed E-state index contributed by atoms with van der Waals surface area (Å²) in [6.07, 6.45) is 4.54. The fraction of sp³-hybridized carbons (Fsp3) is 0.609. The molecule has 0 radical (unpaired) electrons. The van der Waals surface area contributed by atoms with Gasteiger partial charge in [-0.05, 0) is 57.4 Å². The Kier molecular flexibility index (Phi) is 7.48. The fourth-order valence-corrected chi connectivity index (χ4v) is 4.89. The maximum absolute atomic E-state index is 13.2. The molecule has 7 nitrogen and oxygen atoms in total. The number of aryl methyl sites for hydroxylation is 1. The standard InChI is InChI=1S/C23H32N2O5/c1-3-30-23(29)18(13-12-16-8-5-4-6-9-16)24-15(2)21(26)25-19-11-7-10-17(19)14-20(25)22(27)28/h4-6,8-9,15,17-20,24H,3,7,10-14H2,1-2H3,(H,27,28)/t15-,17?,18-,19?,20-/m0/s1. The lowest BCUT2D eigenvalue weighted by Gasteiger charge is -2.31. The molecule has 1 saturated carbocycles. The molecule has 0 bridgehead atoms. The number of likely N-dealkylation sites (tertiary alicyclic amines) is 1. The second-order valence-corrected chi connectivity index (χ2v) is 8.31. The van der Waals surface area contributed by atoms with E-state index in [4.69, 9.17) is 4.74 Å². The van der Waals surface area contributed by atoms with Crippen molar-refractivity contribution in [3.63, 3.8) is 0 Å². The molecule has 2 aliphatic rings. The number of carbonyl (C=O) groups is 3. The van der Waals surface area contributed by atoms with Crippen LogP contribution in [0.4, 0.5) is 0 Å². The summed E-state index contributed by atoms with van der Waals surface area (Å²) in [5, 5.41) is 12.8. The predicted molar refractivity (Wildman–Crippen MR) is 112 cm³/mol. The van der Waals surface area contributed by atoms with Crippen molar-refractivity contribution in [1.29, 1.82) is 0 Å². The highest BCUT2D eigenvalue weighted by atomic mass is 16.5. The van der Waals surface area contributed by atoms with E-state index in [1.54, 1.807) is 18.7 Å². The fourth-order valence-electron chi connectivity index (χ4n) is 4.89. The van der Waals surface area contributed by atoms with Gasteiger partial charge in [0.05, 0.1) is 12.6 Å². The second-order valence-electron chi connectivity index (χ2n) is 8.31. The third-order valence-electron chi connectivity index (χ3n) is 6.33. The number of carboxylic acid groups (broad SMARTS) is 1. The summed E-state index contributed by atoms with van der Waals surface area (Å²) in [7, 11) is 0. The van der Waals surface area contributed by atoms with Gasteiger partial charge in [-0.2, -0.15) is 0 Å². The van der Waals surface area contributed by atoms with Crippen LogP contribution >= 0.6 is 0 Å².